The molecule has 1 unspecified atom stereocenters. The predicted octanol–water partition coefficient (Wildman–Crippen LogP) is 1.87. The van der Waals surface area contributed by atoms with Gasteiger partial charge in [-0.15, -0.1) is 0 Å². The van der Waals surface area contributed by atoms with Crippen molar-refractivity contribution in [3.8, 4) is 0 Å². The third kappa shape index (κ3) is 2.13. The summed E-state index contributed by atoms with van der Waals surface area (Å²) in [7, 11) is -3.08. The van der Waals surface area contributed by atoms with Crippen LogP contribution in [-0.2, 0) is 16.6 Å². The van der Waals surface area contributed by atoms with E-state index in [4.69, 9.17) is 0 Å². The van der Waals surface area contributed by atoms with Gasteiger partial charge in [0.2, 0.25) is 10.0 Å². The molecule has 0 aliphatic carbocycles. The van der Waals surface area contributed by atoms with E-state index in [0.717, 1.165) is 5.56 Å². The largest absolute Gasteiger partial charge is 0.212 e. The molecule has 0 saturated carbocycles. The molecule has 1 atom stereocenters. The molecule has 1 aromatic carbocycles. The maximum Gasteiger partial charge on any atom is 0.211 e. The molecule has 1 heterocycles. The van der Waals surface area contributed by atoms with Crippen molar-refractivity contribution in [1.82, 2.24) is 4.31 Å². The van der Waals surface area contributed by atoms with Crippen LogP contribution >= 0.6 is 0 Å². The van der Waals surface area contributed by atoms with E-state index in [0.29, 0.717) is 13.1 Å². The molecule has 88 valence electrons. The maximum atomic E-state index is 11.6. The van der Waals surface area contributed by atoms with Gasteiger partial charge in [-0.2, -0.15) is 4.31 Å². The Bertz CT molecular complexity index is 508. The number of benzene rings is 1. The first-order valence-corrected chi connectivity index (χ1v) is 7.27. The third-order valence-corrected chi connectivity index (χ3v) is 4.34. The molecule has 0 amide bonds. The van der Waals surface area contributed by atoms with Crippen molar-refractivity contribution >= 4 is 10.0 Å². The highest BCUT2D eigenvalue weighted by molar-refractivity contribution is 7.88. The van der Waals surface area contributed by atoms with Gasteiger partial charge in [0, 0.05) is 13.1 Å². The van der Waals surface area contributed by atoms with Crippen molar-refractivity contribution in [3.63, 3.8) is 0 Å². The number of hydrogen-bond donors (Lipinski definition) is 0. The van der Waals surface area contributed by atoms with E-state index in [9.17, 15) is 8.42 Å². The fraction of sp³-hybridized carbons (Fsp3) is 0.500. The summed E-state index contributed by atoms with van der Waals surface area (Å²) in [5, 5.41) is 0. The summed E-state index contributed by atoms with van der Waals surface area (Å²) in [6.45, 7) is 5.21. The highest BCUT2D eigenvalue weighted by Gasteiger charge is 2.27. The van der Waals surface area contributed by atoms with Gasteiger partial charge in [-0.3, -0.25) is 0 Å². The second kappa shape index (κ2) is 3.86. The summed E-state index contributed by atoms with van der Waals surface area (Å²) in [5.41, 5.74) is 3.61. The third-order valence-electron chi connectivity index (χ3n) is 3.12. The zero-order chi connectivity index (χ0) is 11.9. The minimum atomic E-state index is -3.08. The van der Waals surface area contributed by atoms with E-state index in [2.05, 4.69) is 25.1 Å². The molecule has 1 aliphatic rings. The average Bonchev–Trinajstić information content (AvgIpc) is 2.15. The van der Waals surface area contributed by atoms with Gasteiger partial charge in [0.15, 0.2) is 0 Å². The van der Waals surface area contributed by atoms with Crippen molar-refractivity contribution in [2.45, 2.75) is 26.3 Å². The van der Waals surface area contributed by atoms with E-state index in [-0.39, 0.29) is 5.92 Å². The normalized spacial score (nSPS) is 21.8. The van der Waals surface area contributed by atoms with Crippen LogP contribution in [0.4, 0.5) is 0 Å². The molecule has 2 rings (SSSR count). The van der Waals surface area contributed by atoms with Gasteiger partial charge in [-0.25, -0.2) is 8.42 Å². The van der Waals surface area contributed by atoms with E-state index >= 15 is 0 Å². The Hall–Kier alpha value is -0.870. The monoisotopic (exact) mass is 239 g/mol. The molecule has 0 spiro atoms. The van der Waals surface area contributed by atoms with Crippen LogP contribution in [-0.4, -0.2) is 25.5 Å². The molecule has 1 aliphatic heterocycles. The van der Waals surface area contributed by atoms with Gasteiger partial charge in [0.05, 0.1) is 6.26 Å². The molecule has 1 aromatic rings. The summed E-state index contributed by atoms with van der Waals surface area (Å²) in [5.74, 6) is 0.277. The Labute approximate surface area is 97.1 Å². The minimum Gasteiger partial charge on any atom is -0.212 e. The number of rotatable bonds is 1. The van der Waals surface area contributed by atoms with Crippen molar-refractivity contribution in [1.29, 1.82) is 0 Å². The molecule has 0 aromatic heterocycles. The fourth-order valence-electron chi connectivity index (χ4n) is 2.26. The number of aryl methyl sites for hydroxylation is 1. The lowest BCUT2D eigenvalue weighted by atomic mass is 9.91. The highest BCUT2D eigenvalue weighted by atomic mass is 32.2. The van der Waals surface area contributed by atoms with Gasteiger partial charge in [0.25, 0.3) is 0 Å². The topological polar surface area (TPSA) is 37.4 Å². The van der Waals surface area contributed by atoms with E-state index in [1.807, 2.05) is 6.92 Å². The van der Waals surface area contributed by atoms with Gasteiger partial charge in [-0.05, 0) is 24.0 Å². The Kier molecular flexibility index (Phi) is 2.80. The van der Waals surface area contributed by atoms with Gasteiger partial charge in [-0.1, -0.05) is 30.7 Å². The average molecular weight is 239 g/mol. The van der Waals surface area contributed by atoms with Crippen molar-refractivity contribution in [2.24, 2.45) is 0 Å². The maximum absolute atomic E-state index is 11.6. The summed E-state index contributed by atoms with van der Waals surface area (Å²) < 4.78 is 24.7. The van der Waals surface area contributed by atoms with E-state index in [1.54, 1.807) is 4.31 Å². The number of fused-ring (bicyclic) bond motifs is 1. The first kappa shape index (κ1) is 11.6. The van der Waals surface area contributed by atoms with Crippen LogP contribution in [0.1, 0.15) is 29.5 Å². The quantitative estimate of drug-likeness (QED) is 0.750. The zero-order valence-electron chi connectivity index (χ0n) is 9.90. The standard InChI is InChI=1S/C12H17NO2S/c1-9-4-5-12-10(2)7-13(16(3,14)15)8-11(12)6-9/h4-6,10H,7-8H2,1-3H3. The second-order valence-electron chi connectivity index (χ2n) is 4.66. The van der Waals surface area contributed by atoms with E-state index in [1.165, 1.54) is 17.4 Å². The highest BCUT2D eigenvalue weighted by Crippen LogP contribution is 2.29. The summed E-state index contributed by atoms with van der Waals surface area (Å²) in [6, 6.07) is 6.30. The van der Waals surface area contributed by atoms with Crippen LogP contribution in [0.25, 0.3) is 0 Å². The number of hydrogen-bond acceptors (Lipinski definition) is 2. The lowest BCUT2D eigenvalue weighted by molar-refractivity contribution is 0.366. The van der Waals surface area contributed by atoms with E-state index < -0.39 is 10.0 Å². The van der Waals surface area contributed by atoms with Crippen LogP contribution in [0.15, 0.2) is 18.2 Å². The Morgan fingerprint density at radius 1 is 1.38 bits per heavy atom. The lowest BCUT2D eigenvalue weighted by Crippen LogP contribution is -2.36. The van der Waals surface area contributed by atoms with Crippen LogP contribution < -0.4 is 0 Å². The molecule has 0 bridgehead atoms. The molecule has 0 radical (unpaired) electrons. The van der Waals surface area contributed by atoms with Gasteiger partial charge >= 0.3 is 0 Å². The van der Waals surface area contributed by atoms with Gasteiger partial charge < -0.3 is 0 Å². The Balaban J connectivity index is 2.42. The Morgan fingerprint density at radius 3 is 2.69 bits per heavy atom. The first-order valence-electron chi connectivity index (χ1n) is 5.42. The molecule has 0 fully saturated rings. The summed E-state index contributed by atoms with van der Waals surface area (Å²) in [6.07, 6.45) is 1.28. The number of nitrogens with zero attached hydrogens (tertiary/aromatic N) is 1. The van der Waals surface area contributed by atoms with Crippen LogP contribution in [0, 0.1) is 6.92 Å². The minimum absolute atomic E-state index is 0.277. The van der Waals surface area contributed by atoms with Crippen LogP contribution in [0.5, 0.6) is 0 Å². The van der Waals surface area contributed by atoms with Crippen molar-refractivity contribution in [2.75, 3.05) is 12.8 Å². The predicted molar refractivity (Wildman–Crippen MR) is 64.8 cm³/mol. The molecule has 3 nitrogen and oxygen atoms in total. The SMILES string of the molecule is Cc1ccc2c(c1)CN(S(C)(=O)=O)CC2C. The molecule has 16 heavy (non-hydrogen) atoms. The summed E-state index contributed by atoms with van der Waals surface area (Å²) >= 11 is 0. The van der Waals surface area contributed by atoms with Crippen molar-refractivity contribution < 1.29 is 8.42 Å². The molecule has 0 N–H and O–H groups in total. The second-order valence-corrected chi connectivity index (χ2v) is 6.64. The Morgan fingerprint density at radius 2 is 2.06 bits per heavy atom. The fourth-order valence-corrected chi connectivity index (χ4v) is 3.13. The van der Waals surface area contributed by atoms with Crippen LogP contribution in [0.3, 0.4) is 0 Å². The van der Waals surface area contributed by atoms with Crippen LogP contribution in [0.2, 0.25) is 0 Å². The smallest absolute Gasteiger partial charge is 0.211 e. The molecule has 0 saturated heterocycles. The molecule has 4 heteroatoms. The molecular weight excluding hydrogens is 222 g/mol. The van der Waals surface area contributed by atoms with Gasteiger partial charge in [0.1, 0.15) is 0 Å². The first-order chi connectivity index (χ1) is 7.38. The lowest BCUT2D eigenvalue weighted by Gasteiger charge is -2.31. The number of sulfonamides is 1. The molecular formula is C12H17NO2S. The van der Waals surface area contributed by atoms with Crippen molar-refractivity contribution in [3.05, 3.63) is 34.9 Å². The summed E-state index contributed by atoms with van der Waals surface area (Å²) in [4.78, 5) is 0. The zero-order valence-corrected chi connectivity index (χ0v) is 10.7.